The van der Waals surface area contributed by atoms with Crippen molar-refractivity contribution in [1.29, 1.82) is 0 Å². The van der Waals surface area contributed by atoms with E-state index in [4.69, 9.17) is 9.15 Å². The highest BCUT2D eigenvalue weighted by Gasteiger charge is 2.31. The molecule has 0 saturated carbocycles. The summed E-state index contributed by atoms with van der Waals surface area (Å²) in [6.45, 7) is 3.87. The van der Waals surface area contributed by atoms with Gasteiger partial charge in [0, 0.05) is 5.39 Å². The first-order valence-corrected chi connectivity index (χ1v) is 7.27. The summed E-state index contributed by atoms with van der Waals surface area (Å²) in [6.07, 6.45) is 0. The average molecular weight is 294 g/mol. The Morgan fingerprint density at radius 3 is 2.45 bits per heavy atom. The molecule has 22 heavy (non-hydrogen) atoms. The molecule has 3 rings (SSSR count). The molecule has 2 aromatic carbocycles. The van der Waals surface area contributed by atoms with Gasteiger partial charge in [-0.3, -0.25) is 4.79 Å². The lowest BCUT2D eigenvalue weighted by molar-refractivity contribution is -0.151. The second-order valence-electron chi connectivity index (χ2n) is 5.82. The highest BCUT2D eigenvalue weighted by atomic mass is 16.5. The predicted molar refractivity (Wildman–Crippen MR) is 85.5 cm³/mol. The van der Waals surface area contributed by atoms with E-state index in [9.17, 15) is 4.79 Å². The van der Waals surface area contributed by atoms with Crippen molar-refractivity contribution in [3.05, 3.63) is 72.0 Å². The van der Waals surface area contributed by atoms with Crippen LogP contribution >= 0.6 is 0 Å². The third-order valence-electron chi connectivity index (χ3n) is 3.83. The molecule has 0 fully saturated rings. The zero-order chi connectivity index (χ0) is 15.6. The first kappa shape index (κ1) is 14.4. The minimum atomic E-state index is -0.687. The number of hydrogen-bond acceptors (Lipinski definition) is 3. The minimum absolute atomic E-state index is 0.143. The van der Waals surface area contributed by atoms with Gasteiger partial charge >= 0.3 is 5.97 Å². The third kappa shape index (κ3) is 2.75. The van der Waals surface area contributed by atoms with Crippen LogP contribution in [0.4, 0.5) is 0 Å². The third-order valence-corrected chi connectivity index (χ3v) is 3.83. The normalized spacial score (nSPS) is 11.5. The van der Waals surface area contributed by atoms with Gasteiger partial charge in [0.05, 0.1) is 5.41 Å². The first-order valence-electron chi connectivity index (χ1n) is 7.27. The van der Waals surface area contributed by atoms with Crippen LogP contribution in [0.3, 0.4) is 0 Å². The second kappa shape index (κ2) is 5.68. The van der Waals surface area contributed by atoms with Gasteiger partial charge < -0.3 is 9.15 Å². The lowest BCUT2D eigenvalue weighted by atomic mass is 9.85. The van der Waals surface area contributed by atoms with Gasteiger partial charge in [-0.1, -0.05) is 48.5 Å². The number of ether oxygens (including phenoxy) is 1. The lowest BCUT2D eigenvalue weighted by Gasteiger charge is -2.22. The minimum Gasteiger partial charge on any atom is -0.457 e. The molecular formula is C19H18O3. The number of furan rings is 1. The van der Waals surface area contributed by atoms with Crippen LogP contribution in [0.25, 0.3) is 11.0 Å². The molecule has 0 radical (unpaired) electrons. The van der Waals surface area contributed by atoms with E-state index in [-0.39, 0.29) is 12.6 Å². The highest BCUT2D eigenvalue weighted by molar-refractivity contribution is 5.82. The molecule has 0 aliphatic carbocycles. The number of hydrogen-bond donors (Lipinski definition) is 0. The van der Waals surface area contributed by atoms with Crippen LogP contribution in [0.2, 0.25) is 0 Å². The maximum Gasteiger partial charge on any atom is 0.316 e. The van der Waals surface area contributed by atoms with Crippen molar-refractivity contribution in [3.8, 4) is 0 Å². The average Bonchev–Trinajstić information content (AvgIpc) is 2.96. The van der Waals surface area contributed by atoms with Crippen molar-refractivity contribution in [2.75, 3.05) is 0 Å². The summed E-state index contributed by atoms with van der Waals surface area (Å²) in [6, 6.07) is 19.3. The molecule has 0 unspecified atom stereocenters. The fourth-order valence-electron chi connectivity index (χ4n) is 2.40. The SMILES string of the molecule is CC(C)(C(=O)OCc1cc2ccccc2o1)c1ccccc1. The predicted octanol–water partition coefficient (Wildman–Crippen LogP) is 4.45. The molecule has 1 aromatic heterocycles. The molecule has 0 atom stereocenters. The Kier molecular flexibility index (Phi) is 3.72. The van der Waals surface area contributed by atoms with E-state index < -0.39 is 5.41 Å². The molecule has 3 nitrogen and oxygen atoms in total. The van der Waals surface area contributed by atoms with E-state index in [1.54, 1.807) is 0 Å². The van der Waals surface area contributed by atoms with Crippen LogP contribution in [0.5, 0.6) is 0 Å². The monoisotopic (exact) mass is 294 g/mol. The summed E-state index contributed by atoms with van der Waals surface area (Å²) in [5, 5.41) is 1.01. The van der Waals surface area contributed by atoms with Gasteiger partial charge in [0.15, 0.2) is 0 Å². The molecule has 0 amide bonds. The van der Waals surface area contributed by atoms with Crippen LogP contribution in [-0.4, -0.2) is 5.97 Å². The highest BCUT2D eigenvalue weighted by Crippen LogP contribution is 2.26. The standard InChI is InChI=1S/C19H18O3/c1-19(2,15-9-4-3-5-10-15)18(20)21-13-16-12-14-8-6-7-11-17(14)22-16/h3-12H,13H2,1-2H3. The fourth-order valence-corrected chi connectivity index (χ4v) is 2.40. The molecule has 112 valence electrons. The van der Waals surface area contributed by atoms with E-state index in [2.05, 4.69) is 0 Å². The van der Waals surface area contributed by atoms with Crippen molar-refractivity contribution < 1.29 is 13.9 Å². The Balaban J connectivity index is 1.71. The van der Waals surface area contributed by atoms with Crippen LogP contribution < -0.4 is 0 Å². The molecule has 0 saturated heterocycles. The van der Waals surface area contributed by atoms with E-state index >= 15 is 0 Å². The molecular weight excluding hydrogens is 276 g/mol. The molecule has 1 heterocycles. The number of fused-ring (bicyclic) bond motifs is 1. The Bertz CT molecular complexity index is 752. The van der Waals surface area contributed by atoms with Crippen LogP contribution in [0, 0.1) is 0 Å². The summed E-state index contributed by atoms with van der Waals surface area (Å²) in [5.41, 5.74) is 1.05. The zero-order valence-electron chi connectivity index (χ0n) is 12.7. The van der Waals surface area contributed by atoms with Gasteiger partial charge in [-0.25, -0.2) is 0 Å². The molecule has 3 aromatic rings. The zero-order valence-corrected chi connectivity index (χ0v) is 12.7. The quantitative estimate of drug-likeness (QED) is 0.667. The maximum absolute atomic E-state index is 12.4. The Morgan fingerprint density at radius 2 is 1.73 bits per heavy atom. The van der Waals surface area contributed by atoms with Crippen molar-refractivity contribution in [2.45, 2.75) is 25.9 Å². The summed E-state index contributed by atoms with van der Waals surface area (Å²) < 4.78 is 11.1. The number of rotatable bonds is 4. The van der Waals surface area contributed by atoms with Crippen LogP contribution in [-0.2, 0) is 21.6 Å². The smallest absolute Gasteiger partial charge is 0.316 e. The fraction of sp³-hybridized carbons (Fsp3) is 0.211. The van der Waals surface area contributed by atoms with Crippen LogP contribution in [0.15, 0.2) is 65.1 Å². The van der Waals surface area contributed by atoms with Crippen molar-refractivity contribution >= 4 is 16.9 Å². The maximum atomic E-state index is 12.4. The molecule has 0 bridgehead atoms. The summed E-state index contributed by atoms with van der Waals surface area (Å²) in [7, 11) is 0. The first-order chi connectivity index (χ1) is 10.6. The molecule has 0 aliphatic heterocycles. The summed E-state index contributed by atoms with van der Waals surface area (Å²) in [5.74, 6) is 0.387. The Labute approximate surface area is 129 Å². The lowest BCUT2D eigenvalue weighted by Crippen LogP contribution is -2.30. The summed E-state index contributed by atoms with van der Waals surface area (Å²) in [4.78, 5) is 12.4. The van der Waals surface area contributed by atoms with Gasteiger partial charge in [-0.15, -0.1) is 0 Å². The number of esters is 1. The second-order valence-corrected chi connectivity index (χ2v) is 5.82. The van der Waals surface area contributed by atoms with E-state index in [1.165, 1.54) is 0 Å². The van der Waals surface area contributed by atoms with Crippen molar-refractivity contribution in [2.24, 2.45) is 0 Å². The number of carbonyl (C=O) groups excluding carboxylic acids is 1. The van der Waals surface area contributed by atoms with Gasteiger partial charge in [0.1, 0.15) is 18.0 Å². The molecule has 0 spiro atoms. The van der Waals surface area contributed by atoms with E-state index in [1.807, 2.05) is 74.5 Å². The number of benzene rings is 2. The van der Waals surface area contributed by atoms with E-state index in [0.29, 0.717) is 5.76 Å². The molecule has 3 heteroatoms. The van der Waals surface area contributed by atoms with Crippen molar-refractivity contribution in [1.82, 2.24) is 0 Å². The van der Waals surface area contributed by atoms with Gasteiger partial charge in [0.25, 0.3) is 0 Å². The molecule has 0 N–H and O–H groups in total. The Morgan fingerprint density at radius 1 is 1.05 bits per heavy atom. The largest absolute Gasteiger partial charge is 0.457 e. The molecule has 0 aliphatic rings. The summed E-state index contributed by atoms with van der Waals surface area (Å²) >= 11 is 0. The van der Waals surface area contributed by atoms with E-state index in [0.717, 1.165) is 16.5 Å². The van der Waals surface area contributed by atoms with Gasteiger partial charge in [-0.2, -0.15) is 0 Å². The topological polar surface area (TPSA) is 39.4 Å². The Hall–Kier alpha value is -2.55. The van der Waals surface area contributed by atoms with Gasteiger partial charge in [0.2, 0.25) is 0 Å². The number of carbonyl (C=O) groups is 1. The van der Waals surface area contributed by atoms with Crippen LogP contribution in [0.1, 0.15) is 25.2 Å². The number of para-hydroxylation sites is 1. The van der Waals surface area contributed by atoms with Gasteiger partial charge in [-0.05, 0) is 31.5 Å². The van der Waals surface area contributed by atoms with Crippen molar-refractivity contribution in [3.63, 3.8) is 0 Å².